The van der Waals surface area contributed by atoms with Crippen LogP contribution in [0.3, 0.4) is 0 Å². The monoisotopic (exact) mass is 472 g/mol. The third kappa shape index (κ3) is 5.05. The summed E-state index contributed by atoms with van der Waals surface area (Å²) in [4.78, 5) is 36.2. The zero-order valence-electron chi connectivity index (χ0n) is 17.8. The van der Waals surface area contributed by atoms with E-state index in [0.717, 1.165) is 12.3 Å². The van der Waals surface area contributed by atoms with Crippen LogP contribution in [0.1, 0.15) is 19.0 Å². The van der Waals surface area contributed by atoms with Crippen LogP contribution < -0.4 is 15.5 Å². The number of alkyl halides is 3. The Hall–Kier alpha value is -4.22. The number of carbonyl (C=O) groups excluding carboxylic acids is 1. The van der Waals surface area contributed by atoms with Gasteiger partial charge in [-0.15, -0.1) is 0 Å². The Bertz CT molecular complexity index is 1230. The Morgan fingerprint density at radius 3 is 2.44 bits per heavy atom. The van der Waals surface area contributed by atoms with Gasteiger partial charge in [-0.3, -0.25) is 4.79 Å². The second-order valence-electron chi connectivity index (χ2n) is 7.61. The lowest BCUT2D eigenvalue weighted by molar-refractivity contribution is -0.141. The molecule has 1 saturated heterocycles. The number of aliphatic carboxylic acids is 1. The largest absolute Gasteiger partial charge is 0.480 e. The molecule has 1 amide bonds. The highest BCUT2D eigenvalue weighted by Gasteiger charge is 2.35. The van der Waals surface area contributed by atoms with Crippen molar-refractivity contribution < 1.29 is 27.9 Å². The van der Waals surface area contributed by atoms with Crippen LogP contribution in [0.4, 0.5) is 36.3 Å². The maximum absolute atomic E-state index is 13.0. The van der Waals surface area contributed by atoms with Crippen LogP contribution in [0.15, 0.2) is 48.8 Å². The number of pyridine rings is 1. The molecule has 0 saturated carbocycles. The van der Waals surface area contributed by atoms with Gasteiger partial charge in [-0.1, -0.05) is 0 Å². The van der Waals surface area contributed by atoms with E-state index < -0.39 is 23.9 Å². The number of nitrogens with one attached hydrogen (secondary N) is 2. The molecule has 1 unspecified atom stereocenters. The summed E-state index contributed by atoms with van der Waals surface area (Å²) in [6, 6.07) is 8.47. The van der Waals surface area contributed by atoms with E-state index in [1.807, 2.05) is 0 Å². The molecule has 9 nitrogen and oxygen atoms in total. The van der Waals surface area contributed by atoms with Crippen LogP contribution >= 0.6 is 0 Å². The molecule has 3 aromatic rings. The number of carbonyl (C=O) groups is 2. The molecule has 0 bridgehead atoms. The number of hydrogen-bond donors (Lipinski definition) is 3. The van der Waals surface area contributed by atoms with Crippen LogP contribution in [0.5, 0.6) is 0 Å². The van der Waals surface area contributed by atoms with Gasteiger partial charge in [0.1, 0.15) is 17.6 Å². The van der Waals surface area contributed by atoms with Crippen LogP contribution in [-0.4, -0.2) is 44.5 Å². The number of aromatic nitrogens is 3. The van der Waals surface area contributed by atoms with E-state index >= 15 is 0 Å². The molecule has 34 heavy (non-hydrogen) atoms. The van der Waals surface area contributed by atoms with Gasteiger partial charge in [0.05, 0.1) is 0 Å². The quantitative estimate of drug-likeness (QED) is 0.494. The van der Waals surface area contributed by atoms with Crippen molar-refractivity contribution in [2.45, 2.75) is 25.6 Å². The third-order valence-electron chi connectivity index (χ3n) is 5.14. The van der Waals surface area contributed by atoms with Crippen molar-refractivity contribution in [3.8, 4) is 11.1 Å². The maximum atomic E-state index is 13.0. The predicted molar refractivity (Wildman–Crippen MR) is 118 cm³/mol. The van der Waals surface area contributed by atoms with E-state index in [0.29, 0.717) is 41.3 Å². The first-order valence-corrected chi connectivity index (χ1v) is 10.2. The third-order valence-corrected chi connectivity index (χ3v) is 5.14. The lowest BCUT2D eigenvalue weighted by Gasteiger charge is -2.38. The van der Waals surface area contributed by atoms with Crippen LogP contribution in [0.25, 0.3) is 11.1 Å². The summed E-state index contributed by atoms with van der Waals surface area (Å²) in [6.07, 6.45) is -1.51. The molecule has 1 aromatic carbocycles. The van der Waals surface area contributed by atoms with E-state index in [4.69, 9.17) is 0 Å². The highest BCUT2D eigenvalue weighted by molar-refractivity contribution is 5.91. The predicted octanol–water partition coefficient (Wildman–Crippen LogP) is 3.92. The van der Waals surface area contributed by atoms with E-state index in [1.54, 1.807) is 35.4 Å². The topological polar surface area (TPSA) is 120 Å². The summed E-state index contributed by atoms with van der Waals surface area (Å²) in [5.74, 6) is -0.972. The molecule has 1 aliphatic heterocycles. The first-order chi connectivity index (χ1) is 16.1. The van der Waals surface area contributed by atoms with Gasteiger partial charge in [0.2, 0.25) is 11.9 Å². The van der Waals surface area contributed by atoms with Crippen LogP contribution in [0.2, 0.25) is 0 Å². The van der Waals surface area contributed by atoms with Gasteiger partial charge in [0.15, 0.2) is 0 Å². The van der Waals surface area contributed by atoms with E-state index in [1.165, 1.54) is 13.0 Å². The fraction of sp³-hybridized carbons (Fsp3) is 0.227. The number of halogens is 3. The smallest absolute Gasteiger partial charge is 0.433 e. The molecule has 176 valence electrons. The van der Waals surface area contributed by atoms with Crippen molar-refractivity contribution in [1.29, 1.82) is 0 Å². The zero-order valence-corrected chi connectivity index (χ0v) is 17.8. The number of rotatable bonds is 6. The molecule has 3 heterocycles. The molecule has 0 spiro atoms. The fourth-order valence-corrected chi connectivity index (χ4v) is 3.49. The lowest BCUT2D eigenvalue weighted by Crippen LogP contribution is -2.52. The van der Waals surface area contributed by atoms with Gasteiger partial charge >= 0.3 is 12.1 Å². The second kappa shape index (κ2) is 8.96. The Kier molecular flexibility index (Phi) is 6.05. The summed E-state index contributed by atoms with van der Waals surface area (Å²) >= 11 is 0. The first kappa shape index (κ1) is 23.0. The van der Waals surface area contributed by atoms with Crippen molar-refractivity contribution in [2.24, 2.45) is 0 Å². The minimum atomic E-state index is -4.62. The van der Waals surface area contributed by atoms with Crippen molar-refractivity contribution in [2.75, 3.05) is 22.1 Å². The van der Waals surface area contributed by atoms with Gasteiger partial charge in [0.25, 0.3) is 0 Å². The highest BCUT2D eigenvalue weighted by atomic mass is 19.4. The highest BCUT2D eigenvalue weighted by Crippen LogP contribution is 2.32. The number of nitrogens with zero attached hydrogens (tertiary/aromatic N) is 4. The van der Waals surface area contributed by atoms with Gasteiger partial charge in [-0.25, -0.2) is 19.7 Å². The summed E-state index contributed by atoms with van der Waals surface area (Å²) in [5, 5.41) is 14.6. The molecule has 0 aliphatic carbocycles. The number of benzene rings is 1. The molecule has 2 aromatic heterocycles. The Morgan fingerprint density at radius 2 is 1.85 bits per heavy atom. The normalized spacial score (nSPS) is 15.4. The van der Waals surface area contributed by atoms with Crippen molar-refractivity contribution in [3.05, 3.63) is 54.5 Å². The van der Waals surface area contributed by atoms with E-state index in [9.17, 15) is 27.9 Å². The first-order valence-electron chi connectivity index (χ1n) is 10.2. The van der Waals surface area contributed by atoms with Gasteiger partial charge in [-0.05, 0) is 48.4 Å². The molecule has 12 heteroatoms. The molecular formula is C22H19F3N6O3. The van der Waals surface area contributed by atoms with Crippen molar-refractivity contribution >= 4 is 35.0 Å². The van der Waals surface area contributed by atoms with Crippen molar-refractivity contribution in [1.82, 2.24) is 15.0 Å². The molecule has 3 N–H and O–H groups in total. The number of carboxylic acids is 1. The van der Waals surface area contributed by atoms with Gasteiger partial charge < -0.3 is 20.6 Å². The van der Waals surface area contributed by atoms with Crippen LogP contribution in [0, 0.1) is 0 Å². The van der Waals surface area contributed by atoms with Crippen molar-refractivity contribution in [3.63, 3.8) is 0 Å². The summed E-state index contributed by atoms with van der Waals surface area (Å²) < 4.78 is 38.9. The standard InChI is InChI=1S/C22H19F3N6O3/c1-12(32)28-15-8-14(13-2-3-19(27-11-13)31-7-5-17(31)20(33)34)9-16(10-15)29-21-26-6-4-18(30-21)22(23,24)25/h2-4,6,8-11,17H,5,7H2,1H3,(H,28,32)(H,33,34)(H,26,29,30). The lowest BCUT2D eigenvalue weighted by atomic mass is 10.0. The number of anilines is 4. The van der Waals surface area contributed by atoms with E-state index in [-0.39, 0.29) is 11.9 Å². The van der Waals surface area contributed by atoms with E-state index in [2.05, 4.69) is 25.6 Å². The number of amides is 1. The molecule has 1 aliphatic rings. The average molecular weight is 472 g/mol. The van der Waals surface area contributed by atoms with Gasteiger partial charge in [0, 0.05) is 42.8 Å². The molecular weight excluding hydrogens is 453 g/mol. The number of hydrogen-bond acceptors (Lipinski definition) is 7. The van der Waals surface area contributed by atoms with Crippen LogP contribution in [-0.2, 0) is 15.8 Å². The molecule has 0 radical (unpaired) electrons. The van der Waals surface area contributed by atoms with Gasteiger partial charge in [-0.2, -0.15) is 13.2 Å². The second-order valence-corrected chi connectivity index (χ2v) is 7.61. The summed E-state index contributed by atoms with van der Waals surface area (Å²) in [7, 11) is 0. The zero-order chi connectivity index (χ0) is 24.5. The number of carboxylic acid groups (broad SMARTS) is 1. The minimum absolute atomic E-state index is 0.258. The Labute approximate surface area is 191 Å². The average Bonchev–Trinajstić information content (AvgIpc) is 2.72. The summed E-state index contributed by atoms with van der Waals surface area (Å²) in [5.41, 5.74) is 0.916. The summed E-state index contributed by atoms with van der Waals surface area (Å²) in [6.45, 7) is 1.92. The SMILES string of the molecule is CC(=O)Nc1cc(Nc2nccc(C(F)(F)F)n2)cc(-c2ccc(N3CCC3C(=O)O)nc2)c1. The minimum Gasteiger partial charge on any atom is -0.480 e. The molecule has 1 atom stereocenters. The maximum Gasteiger partial charge on any atom is 0.433 e. The molecule has 4 rings (SSSR count). The Balaban J connectivity index is 1.63. The molecule has 1 fully saturated rings. The fourth-order valence-electron chi connectivity index (χ4n) is 3.49. The Morgan fingerprint density at radius 1 is 1.09 bits per heavy atom.